The number of hydrogen-bond acceptors (Lipinski definition) is 5. The second-order valence-corrected chi connectivity index (χ2v) is 6.83. The molecule has 0 unspecified atom stereocenters. The lowest BCUT2D eigenvalue weighted by Gasteiger charge is -1.96. The van der Waals surface area contributed by atoms with E-state index < -0.39 is 0 Å². The third-order valence-corrected chi connectivity index (χ3v) is 5.19. The second-order valence-electron chi connectivity index (χ2n) is 4.16. The molecule has 100 valence electrons. The average molecular weight is 322 g/mol. The fraction of sp³-hybridized carbons (Fsp3) is 0.0769. The Labute approximate surface area is 127 Å². The van der Waals surface area contributed by atoms with Crippen molar-refractivity contribution >= 4 is 49.6 Å². The van der Waals surface area contributed by atoms with Crippen LogP contribution in [0.4, 0.5) is 0 Å². The predicted molar refractivity (Wildman–Crippen MR) is 83.2 cm³/mol. The quantitative estimate of drug-likeness (QED) is 0.551. The molecule has 0 amide bonds. The number of nitrogens with zero attached hydrogens (tertiary/aromatic N) is 3. The molecule has 0 saturated carbocycles. The van der Waals surface area contributed by atoms with E-state index >= 15 is 0 Å². The minimum Gasteiger partial charge on any atom is -0.481 e. The highest BCUT2D eigenvalue weighted by Gasteiger charge is 2.12. The number of pyridine rings is 1. The average Bonchev–Trinajstić information content (AvgIpc) is 3.11. The van der Waals surface area contributed by atoms with Crippen molar-refractivity contribution < 1.29 is 4.74 Å². The van der Waals surface area contributed by atoms with Crippen molar-refractivity contribution in [3.05, 3.63) is 34.8 Å². The fourth-order valence-corrected chi connectivity index (χ4v) is 4.02. The summed E-state index contributed by atoms with van der Waals surface area (Å²) in [4.78, 5) is 12.0. The van der Waals surface area contributed by atoms with Crippen LogP contribution in [-0.4, -0.2) is 21.5 Å². The summed E-state index contributed by atoms with van der Waals surface area (Å²) in [6, 6.07) is 7.73. The van der Waals surface area contributed by atoms with Crippen LogP contribution in [0.1, 0.15) is 0 Å². The number of fused-ring (bicyclic) bond motifs is 3. The van der Waals surface area contributed by atoms with Gasteiger partial charge in [-0.2, -0.15) is 0 Å². The van der Waals surface area contributed by atoms with Gasteiger partial charge in [0.1, 0.15) is 10.5 Å². The SMILES string of the molecule is COc1ccc2c(n1)sc1nc(-c3ccc(Cl)s3)cn12. The van der Waals surface area contributed by atoms with Gasteiger partial charge >= 0.3 is 0 Å². The van der Waals surface area contributed by atoms with Gasteiger partial charge in [0.25, 0.3) is 0 Å². The molecule has 4 heterocycles. The number of aromatic nitrogens is 3. The van der Waals surface area contributed by atoms with Crippen molar-refractivity contribution in [2.24, 2.45) is 0 Å². The molecular formula is C13H8ClN3OS2. The molecule has 0 atom stereocenters. The van der Waals surface area contributed by atoms with Crippen molar-refractivity contribution in [1.29, 1.82) is 0 Å². The van der Waals surface area contributed by atoms with E-state index in [-0.39, 0.29) is 0 Å². The van der Waals surface area contributed by atoms with E-state index in [0.717, 1.165) is 30.2 Å². The van der Waals surface area contributed by atoms with Crippen molar-refractivity contribution in [1.82, 2.24) is 14.4 Å². The Balaban J connectivity index is 1.92. The molecule has 0 aromatic carbocycles. The molecule has 0 aliphatic carbocycles. The number of imidazole rings is 1. The lowest BCUT2D eigenvalue weighted by Crippen LogP contribution is -1.86. The summed E-state index contributed by atoms with van der Waals surface area (Å²) in [5.41, 5.74) is 1.97. The largest absolute Gasteiger partial charge is 0.481 e. The highest BCUT2D eigenvalue weighted by Crippen LogP contribution is 2.33. The summed E-state index contributed by atoms with van der Waals surface area (Å²) in [6.45, 7) is 0. The van der Waals surface area contributed by atoms with Gasteiger partial charge in [-0.15, -0.1) is 11.3 Å². The molecule has 0 fully saturated rings. The summed E-state index contributed by atoms with van der Waals surface area (Å²) in [5, 5.41) is 0. The molecule has 0 aliphatic heterocycles. The van der Waals surface area contributed by atoms with Crippen LogP contribution < -0.4 is 4.74 Å². The standard InChI is InChI=1S/C13H8ClN3OS2/c1-18-11-5-2-8-12(16-11)20-13-15-7(6-17(8)13)9-3-4-10(14)19-9/h2-6H,1H3. The van der Waals surface area contributed by atoms with Crippen molar-refractivity contribution in [3.8, 4) is 16.5 Å². The minimum atomic E-state index is 0.618. The van der Waals surface area contributed by atoms with E-state index in [2.05, 4.69) is 14.4 Å². The number of ether oxygens (including phenoxy) is 1. The van der Waals surface area contributed by atoms with Crippen LogP contribution in [0.5, 0.6) is 5.88 Å². The Bertz CT molecular complexity index is 924. The Morgan fingerprint density at radius 1 is 1.15 bits per heavy atom. The van der Waals surface area contributed by atoms with Crippen LogP contribution in [0.25, 0.3) is 25.9 Å². The second kappa shape index (κ2) is 4.44. The Morgan fingerprint density at radius 3 is 2.80 bits per heavy atom. The van der Waals surface area contributed by atoms with Gasteiger partial charge in [0.15, 0.2) is 4.96 Å². The molecule has 0 radical (unpaired) electrons. The maximum atomic E-state index is 5.97. The van der Waals surface area contributed by atoms with Crippen molar-refractivity contribution in [3.63, 3.8) is 0 Å². The molecule has 0 aliphatic rings. The van der Waals surface area contributed by atoms with E-state index in [0.29, 0.717) is 5.88 Å². The number of rotatable bonds is 2. The summed E-state index contributed by atoms with van der Waals surface area (Å²) in [6.07, 6.45) is 2.02. The third kappa shape index (κ3) is 1.80. The van der Waals surface area contributed by atoms with E-state index in [1.54, 1.807) is 18.4 Å². The number of hydrogen-bond donors (Lipinski definition) is 0. The molecule has 0 N–H and O–H groups in total. The normalized spacial score (nSPS) is 11.5. The lowest BCUT2D eigenvalue weighted by atomic mass is 10.4. The third-order valence-electron chi connectivity index (χ3n) is 2.97. The number of methoxy groups -OCH3 is 1. The number of thiophene rings is 1. The van der Waals surface area contributed by atoms with E-state index in [9.17, 15) is 0 Å². The Morgan fingerprint density at radius 2 is 2.05 bits per heavy atom. The van der Waals surface area contributed by atoms with Gasteiger partial charge in [0.05, 0.1) is 21.8 Å². The predicted octanol–water partition coefficient (Wildman–Crippen LogP) is 4.33. The lowest BCUT2D eigenvalue weighted by molar-refractivity contribution is 0.400. The first-order valence-corrected chi connectivity index (χ1v) is 7.84. The molecule has 0 bridgehead atoms. The van der Waals surface area contributed by atoms with Crippen LogP contribution >= 0.6 is 34.3 Å². The van der Waals surface area contributed by atoms with Crippen LogP contribution in [0.3, 0.4) is 0 Å². The molecule has 4 aromatic rings. The zero-order chi connectivity index (χ0) is 13.7. The summed E-state index contributed by atoms with van der Waals surface area (Å²) in [7, 11) is 1.62. The Hall–Kier alpha value is -1.63. The molecule has 7 heteroatoms. The highest BCUT2D eigenvalue weighted by molar-refractivity contribution is 7.23. The van der Waals surface area contributed by atoms with Gasteiger partial charge in [-0.1, -0.05) is 22.9 Å². The Kier molecular flexibility index (Phi) is 2.70. The maximum absolute atomic E-state index is 5.97. The minimum absolute atomic E-state index is 0.618. The summed E-state index contributed by atoms with van der Waals surface area (Å²) in [5.74, 6) is 0.618. The van der Waals surface area contributed by atoms with Crippen molar-refractivity contribution in [2.75, 3.05) is 7.11 Å². The summed E-state index contributed by atoms with van der Waals surface area (Å²) < 4.78 is 7.97. The molecule has 4 nitrogen and oxygen atoms in total. The van der Waals surface area contributed by atoms with Gasteiger partial charge in [0, 0.05) is 12.3 Å². The van der Waals surface area contributed by atoms with Gasteiger partial charge in [0.2, 0.25) is 5.88 Å². The van der Waals surface area contributed by atoms with Gasteiger partial charge in [-0.3, -0.25) is 4.40 Å². The maximum Gasteiger partial charge on any atom is 0.214 e. The van der Waals surface area contributed by atoms with Gasteiger partial charge < -0.3 is 4.74 Å². The zero-order valence-corrected chi connectivity index (χ0v) is 12.7. The van der Waals surface area contributed by atoms with Gasteiger partial charge in [-0.25, -0.2) is 9.97 Å². The smallest absolute Gasteiger partial charge is 0.214 e. The number of thiazole rings is 1. The van der Waals surface area contributed by atoms with Crippen LogP contribution in [0.2, 0.25) is 4.34 Å². The van der Waals surface area contributed by atoms with Crippen LogP contribution in [0.15, 0.2) is 30.5 Å². The number of halogens is 1. The van der Waals surface area contributed by atoms with E-state index in [1.165, 1.54) is 11.3 Å². The van der Waals surface area contributed by atoms with E-state index in [1.807, 2.05) is 30.5 Å². The molecule has 0 saturated heterocycles. The van der Waals surface area contributed by atoms with Gasteiger partial charge in [-0.05, 0) is 18.2 Å². The van der Waals surface area contributed by atoms with E-state index in [4.69, 9.17) is 16.3 Å². The van der Waals surface area contributed by atoms with Crippen molar-refractivity contribution in [2.45, 2.75) is 0 Å². The van der Waals surface area contributed by atoms with Crippen LogP contribution in [0, 0.1) is 0 Å². The summed E-state index contributed by atoms with van der Waals surface area (Å²) >= 11 is 9.05. The topological polar surface area (TPSA) is 39.4 Å². The zero-order valence-electron chi connectivity index (χ0n) is 10.3. The molecule has 4 aromatic heterocycles. The molecular weight excluding hydrogens is 314 g/mol. The molecule has 4 rings (SSSR count). The molecule has 20 heavy (non-hydrogen) atoms. The first-order valence-electron chi connectivity index (χ1n) is 5.83. The molecule has 0 spiro atoms. The first-order chi connectivity index (χ1) is 9.74. The fourth-order valence-electron chi connectivity index (χ4n) is 2.05. The highest BCUT2D eigenvalue weighted by atomic mass is 35.5. The van der Waals surface area contributed by atoms with Crippen LogP contribution in [-0.2, 0) is 0 Å². The first kappa shape index (κ1) is 12.1. The monoisotopic (exact) mass is 321 g/mol.